The molecule has 0 spiro atoms. The predicted molar refractivity (Wildman–Crippen MR) is 93.2 cm³/mol. The highest BCUT2D eigenvalue weighted by Crippen LogP contribution is 2.12. The fourth-order valence-corrected chi connectivity index (χ4v) is 1.91. The Kier molecular flexibility index (Phi) is 9.92. The van der Waals surface area contributed by atoms with Crippen molar-refractivity contribution in [2.75, 3.05) is 26.4 Å². The number of ether oxygens (including phenoxy) is 4. The Morgan fingerprint density at radius 1 is 0.783 bits per heavy atom. The average Bonchev–Trinajstić information content (AvgIpc) is 2.55. The normalized spacial score (nSPS) is 15.2. The summed E-state index contributed by atoms with van der Waals surface area (Å²) >= 11 is 0. The standard InChI is InChI=1S/C19H32O4/c1-6-11-20-16(3)12-21-17(4)13-22-18(5)14-23-19-9-7-15(2)8-10-19/h7-10,16-18H,6,11-14H2,1-5H3. The van der Waals surface area contributed by atoms with Gasteiger partial charge in [-0.3, -0.25) is 0 Å². The van der Waals surface area contributed by atoms with Gasteiger partial charge >= 0.3 is 0 Å². The van der Waals surface area contributed by atoms with Gasteiger partial charge in [0.25, 0.3) is 0 Å². The second kappa shape index (κ2) is 11.4. The molecule has 4 nitrogen and oxygen atoms in total. The zero-order valence-electron chi connectivity index (χ0n) is 15.2. The highest BCUT2D eigenvalue weighted by atomic mass is 16.6. The molecular formula is C19H32O4. The molecule has 0 aliphatic rings. The number of benzene rings is 1. The quantitative estimate of drug-likeness (QED) is 0.582. The molecule has 0 aromatic heterocycles. The first-order valence-corrected chi connectivity index (χ1v) is 8.55. The summed E-state index contributed by atoms with van der Waals surface area (Å²) in [6, 6.07) is 8.04. The Labute approximate surface area is 141 Å². The molecule has 1 aromatic carbocycles. The Balaban J connectivity index is 2.12. The summed E-state index contributed by atoms with van der Waals surface area (Å²) in [6.45, 7) is 12.7. The molecule has 0 saturated carbocycles. The number of hydrogen-bond donors (Lipinski definition) is 0. The van der Waals surface area contributed by atoms with Gasteiger partial charge in [-0.25, -0.2) is 0 Å². The molecule has 3 unspecified atom stereocenters. The van der Waals surface area contributed by atoms with Crippen LogP contribution in [0, 0.1) is 6.92 Å². The van der Waals surface area contributed by atoms with Gasteiger partial charge in [0.2, 0.25) is 0 Å². The first-order chi connectivity index (χ1) is 11.0. The third-order valence-corrected chi connectivity index (χ3v) is 3.34. The van der Waals surface area contributed by atoms with Crippen molar-refractivity contribution >= 4 is 0 Å². The summed E-state index contributed by atoms with van der Waals surface area (Å²) in [7, 11) is 0. The smallest absolute Gasteiger partial charge is 0.119 e. The highest BCUT2D eigenvalue weighted by molar-refractivity contribution is 5.26. The maximum absolute atomic E-state index is 5.77. The van der Waals surface area contributed by atoms with Crippen molar-refractivity contribution in [3.8, 4) is 5.75 Å². The minimum atomic E-state index is 0.0242. The lowest BCUT2D eigenvalue weighted by Gasteiger charge is -2.20. The van der Waals surface area contributed by atoms with Gasteiger partial charge in [-0.15, -0.1) is 0 Å². The first-order valence-electron chi connectivity index (χ1n) is 8.55. The molecule has 3 atom stereocenters. The van der Waals surface area contributed by atoms with Gasteiger partial charge in [0.1, 0.15) is 12.4 Å². The monoisotopic (exact) mass is 324 g/mol. The van der Waals surface area contributed by atoms with E-state index in [0.29, 0.717) is 19.8 Å². The SMILES string of the molecule is CCCOC(C)COC(C)COC(C)COc1ccc(C)cc1. The summed E-state index contributed by atoms with van der Waals surface area (Å²) in [6.07, 6.45) is 1.22. The van der Waals surface area contributed by atoms with Crippen molar-refractivity contribution in [3.05, 3.63) is 29.8 Å². The van der Waals surface area contributed by atoms with Crippen LogP contribution in [0.1, 0.15) is 39.7 Å². The van der Waals surface area contributed by atoms with E-state index < -0.39 is 0 Å². The van der Waals surface area contributed by atoms with Crippen molar-refractivity contribution < 1.29 is 18.9 Å². The van der Waals surface area contributed by atoms with Crippen LogP contribution < -0.4 is 4.74 Å². The van der Waals surface area contributed by atoms with Crippen LogP contribution in [0.3, 0.4) is 0 Å². The van der Waals surface area contributed by atoms with Crippen molar-refractivity contribution in [2.24, 2.45) is 0 Å². The van der Waals surface area contributed by atoms with E-state index in [2.05, 4.69) is 13.8 Å². The van der Waals surface area contributed by atoms with Gasteiger partial charge in [-0.05, 0) is 46.2 Å². The summed E-state index contributed by atoms with van der Waals surface area (Å²) in [5.74, 6) is 0.872. The van der Waals surface area contributed by atoms with Crippen LogP contribution in [0.4, 0.5) is 0 Å². The molecular weight excluding hydrogens is 292 g/mol. The third kappa shape index (κ3) is 9.59. The summed E-state index contributed by atoms with van der Waals surface area (Å²) < 4.78 is 22.8. The molecule has 0 heterocycles. The van der Waals surface area contributed by atoms with Crippen molar-refractivity contribution in [1.29, 1.82) is 0 Å². The van der Waals surface area contributed by atoms with E-state index in [4.69, 9.17) is 18.9 Å². The molecule has 0 bridgehead atoms. The van der Waals surface area contributed by atoms with Crippen LogP contribution in [0.5, 0.6) is 5.75 Å². The van der Waals surface area contributed by atoms with Gasteiger partial charge in [0, 0.05) is 6.61 Å². The molecule has 23 heavy (non-hydrogen) atoms. The number of aryl methyl sites for hydroxylation is 1. The molecule has 0 aliphatic carbocycles. The van der Waals surface area contributed by atoms with Gasteiger partial charge in [0.15, 0.2) is 0 Å². The Morgan fingerprint density at radius 3 is 1.87 bits per heavy atom. The topological polar surface area (TPSA) is 36.9 Å². The van der Waals surface area contributed by atoms with Gasteiger partial charge < -0.3 is 18.9 Å². The zero-order chi connectivity index (χ0) is 17.1. The Hall–Kier alpha value is -1.10. The van der Waals surface area contributed by atoms with E-state index in [1.165, 1.54) is 5.56 Å². The van der Waals surface area contributed by atoms with Crippen LogP contribution in [0.25, 0.3) is 0 Å². The summed E-state index contributed by atoms with van der Waals surface area (Å²) in [5, 5.41) is 0. The molecule has 0 saturated heterocycles. The lowest BCUT2D eigenvalue weighted by molar-refractivity contribution is -0.0727. The second-order valence-corrected chi connectivity index (χ2v) is 6.09. The lowest BCUT2D eigenvalue weighted by atomic mass is 10.2. The van der Waals surface area contributed by atoms with E-state index in [0.717, 1.165) is 18.8 Å². The molecule has 0 amide bonds. The van der Waals surface area contributed by atoms with E-state index in [-0.39, 0.29) is 18.3 Å². The first kappa shape index (κ1) is 19.9. The fourth-order valence-electron chi connectivity index (χ4n) is 1.91. The Morgan fingerprint density at radius 2 is 1.30 bits per heavy atom. The van der Waals surface area contributed by atoms with E-state index in [1.807, 2.05) is 45.0 Å². The fraction of sp³-hybridized carbons (Fsp3) is 0.684. The number of rotatable bonds is 12. The molecule has 132 valence electrons. The minimum absolute atomic E-state index is 0.0242. The number of hydrogen-bond acceptors (Lipinski definition) is 4. The molecule has 0 aliphatic heterocycles. The van der Waals surface area contributed by atoms with E-state index >= 15 is 0 Å². The maximum Gasteiger partial charge on any atom is 0.119 e. The van der Waals surface area contributed by atoms with Crippen LogP contribution in [-0.2, 0) is 14.2 Å². The molecule has 0 fully saturated rings. The van der Waals surface area contributed by atoms with Crippen molar-refractivity contribution in [3.63, 3.8) is 0 Å². The van der Waals surface area contributed by atoms with E-state index in [9.17, 15) is 0 Å². The van der Waals surface area contributed by atoms with Crippen molar-refractivity contribution in [1.82, 2.24) is 0 Å². The zero-order valence-corrected chi connectivity index (χ0v) is 15.2. The Bertz CT molecular complexity index is 404. The van der Waals surface area contributed by atoms with Crippen LogP contribution in [-0.4, -0.2) is 44.7 Å². The van der Waals surface area contributed by atoms with Crippen LogP contribution >= 0.6 is 0 Å². The largest absolute Gasteiger partial charge is 0.491 e. The molecule has 0 N–H and O–H groups in total. The minimum Gasteiger partial charge on any atom is -0.491 e. The van der Waals surface area contributed by atoms with Gasteiger partial charge in [0.05, 0.1) is 31.5 Å². The molecule has 1 rings (SSSR count). The summed E-state index contributed by atoms with van der Waals surface area (Å²) in [4.78, 5) is 0. The summed E-state index contributed by atoms with van der Waals surface area (Å²) in [5.41, 5.74) is 1.23. The maximum atomic E-state index is 5.77. The average molecular weight is 324 g/mol. The second-order valence-electron chi connectivity index (χ2n) is 6.09. The third-order valence-electron chi connectivity index (χ3n) is 3.34. The molecule has 4 heteroatoms. The van der Waals surface area contributed by atoms with E-state index in [1.54, 1.807) is 0 Å². The molecule has 1 aromatic rings. The van der Waals surface area contributed by atoms with Crippen LogP contribution in [0.2, 0.25) is 0 Å². The van der Waals surface area contributed by atoms with Crippen molar-refractivity contribution in [2.45, 2.75) is 59.4 Å². The van der Waals surface area contributed by atoms with Gasteiger partial charge in [-0.1, -0.05) is 24.6 Å². The molecule has 0 radical (unpaired) electrons. The highest BCUT2D eigenvalue weighted by Gasteiger charge is 2.10. The van der Waals surface area contributed by atoms with Gasteiger partial charge in [-0.2, -0.15) is 0 Å². The predicted octanol–water partition coefficient (Wildman–Crippen LogP) is 4.00. The lowest BCUT2D eigenvalue weighted by Crippen LogP contribution is -2.27. The van der Waals surface area contributed by atoms with Crippen LogP contribution in [0.15, 0.2) is 24.3 Å².